The van der Waals surface area contributed by atoms with Crippen LogP contribution in [0.2, 0.25) is 10.0 Å². The van der Waals surface area contributed by atoms with Gasteiger partial charge in [0.15, 0.2) is 5.13 Å². The molecule has 3 aromatic rings. The van der Waals surface area contributed by atoms with Crippen molar-refractivity contribution in [2.24, 2.45) is 5.92 Å². The minimum Gasteiger partial charge on any atom is -0.478 e. The third kappa shape index (κ3) is 4.77. The lowest BCUT2D eigenvalue weighted by Crippen LogP contribution is -1.99. The second-order valence-corrected chi connectivity index (χ2v) is 8.28. The topological polar surface area (TPSA) is 75.1 Å². The molecule has 2 N–H and O–H groups in total. The van der Waals surface area contributed by atoms with Crippen molar-refractivity contribution in [1.82, 2.24) is 9.97 Å². The van der Waals surface area contributed by atoms with E-state index in [9.17, 15) is 4.79 Å². The van der Waals surface area contributed by atoms with E-state index in [1.807, 2.05) is 6.07 Å². The second-order valence-electron chi connectivity index (χ2n) is 6.38. The molecule has 0 saturated heterocycles. The molecule has 0 bridgehead atoms. The van der Waals surface area contributed by atoms with Gasteiger partial charge in [0.25, 0.3) is 0 Å². The summed E-state index contributed by atoms with van der Waals surface area (Å²) in [6.07, 6.45) is 2.31. The zero-order valence-corrected chi connectivity index (χ0v) is 17.0. The number of rotatable bonds is 6. The predicted octanol–water partition coefficient (Wildman–Crippen LogP) is 6.15. The van der Waals surface area contributed by atoms with Crippen LogP contribution in [0.15, 0.2) is 36.5 Å². The van der Waals surface area contributed by atoms with Crippen molar-refractivity contribution < 1.29 is 9.90 Å². The van der Waals surface area contributed by atoms with Gasteiger partial charge in [0.1, 0.15) is 5.82 Å². The first-order valence-corrected chi connectivity index (χ1v) is 9.82. The average molecular weight is 422 g/mol. The molecule has 140 valence electrons. The summed E-state index contributed by atoms with van der Waals surface area (Å²) in [5.41, 5.74) is 1.89. The molecule has 0 amide bonds. The highest BCUT2D eigenvalue weighted by molar-refractivity contribution is 7.16. The van der Waals surface area contributed by atoms with Gasteiger partial charge in [0, 0.05) is 16.6 Å². The van der Waals surface area contributed by atoms with Crippen LogP contribution in [0.3, 0.4) is 0 Å². The van der Waals surface area contributed by atoms with E-state index in [0.29, 0.717) is 26.9 Å². The monoisotopic (exact) mass is 421 g/mol. The molecular weight excluding hydrogens is 405 g/mol. The first-order chi connectivity index (χ1) is 12.8. The van der Waals surface area contributed by atoms with E-state index in [-0.39, 0.29) is 5.56 Å². The molecule has 27 heavy (non-hydrogen) atoms. The molecule has 1 aromatic carbocycles. The van der Waals surface area contributed by atoms with Crippen molar-refractivity contribution in [3.05, 3.63) is 57.0 Å². The number of hydrogen-bond acceptors (Lipinski definition) is 5. The number of hydrogen-bond donors (Lipinski definition) is 2. The van der Waals surface area contributed by atoms with E-state index in [0.717, 1.165) is 22.6 Å². The maximum Gasteiger partial charge on any atom is 0.335 e. The summed E-state index contributed by atoms with van der Waals surface area (Å²) in [4.78, 5) is 21.1. The maximum absolute atomic E-state index is 11.1. The highest BCUT2D eigenvalue weighted by Gasteiger charge is 2.16. The molecule has 0 saturated carbocycles. The Morgan fingerprint density at radius 2 is 2.00 bits per heavy atom. The largest absolute Gasteiger partial charge is 0.478 e. The molecule has 0 aliphatic carbocycles. The van der Waals surface area contributed by atoms with Gasteiger partial charge in [-0.15, -0.1) is 11.3 Å². The molecule has 2 heterocycles. The number of carbonyl (C=O) groups is 1. The fourth-order valence-corrected chi connectivity index (χ4v) is 4.03. The van der Waals surface area contributed by atoms with Crippen molar-refractivity contribution in [2.75, 3.05) is 5.32 Å². The van der Waals surface area contributed by atoms with E-state index >= 15 is 0 Å². The Morgan fingerprint density at radius 3 is 2.67 bits per heavy atom. The fraction of sp³-hybridized carbons (Fsp3) is 0.211. The molecular formula is C19H17Cl2N3O2S. The van der Waals surface area contributed by atoms with Gasteiger partial charge in [0.05, 0.1) is 21.3 Å². The molecule has 0 fully saturated rings. The van der Waals surface area contributed by atoms with E-state index < -0.39 is 5.97 Å². The summed E-state index contributed by atoms with van der Waals surface area (Å²) in [5.74, 6) is -0.120. The zero-order chi connectivity index (χ0) is 19.6. The lowest BCUT2D eigenvalue weighted by Gasteiger charge is -2.06. The van der Waals surface area contributed by atoms with Gasteiger partial charge < -0.3 is 10.4 Å². The lowest BCUT2D eigenvalue weighted by molar-refractivity contribution is 0.0697. The Bertz CT molecular complexity index is 989. The Kier molecular flexibility index (Phi) is 5.99. The third-order valence-electron chi connectivity index (χ3n) is 3.73. The van der Waals surface area contributed by atoms with Crippen molar-refractivity contribution >= 4 is 51.5 Å². The van der Waals surface area contributed by atoms with E-state index in [1.54, 1.807) is 12.1 Å². The second kappa shape index (κ2) is 8.25. The highest BCUT2D eigenvalue weighted by atomic mass is 35.5. The first kappa shape index (κ1) is 19.6. The first-order valence-electron chi connectivity index (χ1n) is 8.25. The molecule has 8 heteroatoms. The quantitative estimate of drug-likeness (QED) is 0.498. The number of benzene rings is 1. The van der Waals surface area contributed by atoms with Crippen LogP contribution < -0.4 is 5.32 Å². The Morgan fingerprint density at radius 1 is 1.22 bits per heavy atom. The van der Waals surface area contributed by atoms with Crippen LogP contribution in [0.5, 0.6) is 0 Å². The number of aromatic nitrogens is 2. The molecule has 0 atom stereocenters. The summed E-state index contributed by atoms with van der Waals surface area (Å²) in [7, 11) is 0. The van der Waals surface area contributed by atoms with Crippen molar-refractivity contribution in [2.45, 2.75) is 20.3 Å². The van der Waals surface area contributed by atoms with Crippen LogP contribution in [0, 0.1) is 5.92 Å². The van der Waals surface area contributed by atoms with Gasteiger partial charge in [-0.3, -0.25) is 0 Å². The average Bonchev–Trinajstić information content (AvgIpc) is 2.99. The van der Waals surface area contributed by atoms with Gasteiger partial charge in [-0.1, -0.05) is 43.1 Å². The Labute approximate surface area is 171 Å². The number of thiazole rings is 1. The van der Waals surface area contributed by atoms with Crippen LogP contribution in [0.25, 0.3) is 11.3 Å². The normalized spacial score (nSPS) is 11.0. The summed E-state index contributed by atoms with van der Waals surface area (Å²) in [5, 5.41) is 13.8. The number of aromatic carboxylic acids is 1. The van der Waals surface area contributed by atoms with Gasteiger partial charge in [-0.05, 0) is 36.6 Å². The minimum atomic E-state index is -1.00. The van der Waals surface area contributed by atoms with Crippen molar-refractivity contribution in [1.29, 1.82) is 0 Å². The molecule has 0 radical (unpaired) electrons. The predicted molar refractivity (Wildman–Crippen MR) is 111 cm³/mol. The van der Waals surface area contributed by atoms with Crippen molar-refractivity contribution in [3.63, 3.8) is 0 Å². The molecule has 3 rings (SSSR count). The van der Waals surface area contributed by atoms with E-state index in [1.165, 1.54) is 29.7 Å². The smallest absolute Gasteiger partial charge is 0.335 e. The number of anilines is 2. The van der Waals surface area contributed by atoms with Crippen LogP contribution >= 0.6 is 34.5 Å². The van der Waals surface area contributed by atoms with Crippen LogP contribution in [-0.2, 0) is 6.42 Å². The minimum absolute atomic E-state index is 0.163. The molecule has 0 aliphatic rings. The maximum atomic E-state index is 11.1. The van der Waals surface area contributed by atoms with Gasteiger partial charge >= 0.3 is 5.97 Å². The van der Waals surface area contributed by atoms with Gasteiger partial charge in [-0.25, -0.2) is 14.8 Å². The van der Waals surface area contributed by atoms with Gasteiger partial charge in [-0.2, -0.15) is 0 Å². The summed E-state index contributed by atoms with van der Waals surface area (Å²) < 4.78 is 0. The fourth-order valence-electron chi connectivity index (χ4n) is 2.52. The highest BCUT2D eigenvalue weighted by Crippen LogP contribution is 2.36. The van der Waals surface area contributed by atoms with Crippen LogP contribution in [0.1, 0.15) is 29.1 Å². The SMILES string of the molecule is CC(C)Cc1sc(Nc2cc(C(=O)O)ccn2)nc1-c1ccc(Cl)c(Cl)c1. The summed E-state index contributed by atoms with van der Waals surface area (Å²) >= 11 is 13.7. The van der Waals surface area contributed by atoms with Gasteiger partial charge in [0.2, 0.25) is 0 Å². The number of carboxylic acid groups (broad SMARTS) is 1. The standard InChI is InChI=1S/C19H17Cl2N3O2S/c1-10(2)7-15-17(11-3-4-13(20)14(21)8-11)24-19(27-15)23-16-9-12(18(25)26)5-6-22-16/h3-6,8-10H,7H2,1-2H3,(H,25,26)(H,22,23,24). The Hall–Kier alpha value is -2.15. The summed E-state index contributed by atoms with van der Waals surface area (Å²) in [6.45, 7) is 4.28. The number of pyridine rings is 1. The van der Waals surface area contributed by atoms with E-state index in [4.69, 9.17) is 33.3 Å². The van der Waals surface area contributed by atoms with E-state index in [2.05, 4.69) is 24.1 Å². The molecule has 2 aromatic heterocycles. The number of nitrogens with zero attached hydrogens (tertiary/aromatic N) is 2. The van der Waals surface area contributed by atoms with Crippen LogP contribution in [0.4, 0.5) is 10.9 Å². The molecule has 0 aliphatic heterocycles. The van der Waals surface area contributed by atoms with Crippen LogP contribution in [-0.4, -0.2) is 21.0 Å². The number of halogens is 2. The van der Waals surface area contributed by atoms with Crippen molar-refractivity contribution in [3.8, 4) is 11.3 Å². The molecule has 0 unspecified atom stereocenters. The number of carboxylic acids is 1. The number of nitrogens with one attached hydrogen (secondary N) is 1. The third-order valence-corrected chi connectivity index (χ3v) is 5.46. The summed E-state index contributed by atoms with van der Waals surface area (Å²) in [6, 6.07) is 8.37. The Balaban J connectivity index is 1.97. The zero-order valence-electron chi connectivity index (χ0n) is 14.7. The lowest BCUT2D eigenvalue weighted by atomic mass is 10.0. The molecule has 5 nitrogen and oxygen atoms in total. The molecule has 0 spiro atoms.